The normalized spacial score (nSPS) is 12.0. The van der Waals surface area contributed by atoms with Gasteiger partial charge in [-0.25, -0.2) is 0 Å². The second-order valence-electron chi connectivity index (χ2n) is 6.76. The highest BCUT2D eigenvalue weighted by atomic mass is 16.5. The Morgan fingerprint density at radius 3 is 2.58 bits per heavy atom. The first-order chi connectivity index (χ1) is 12.5. The molecule has 0 saturated carbocycles. The highest BCUT2D eigenvalue weighted by Gasteiger charge is 2.10. The van der Waals surface area contributed by atoms with Crippen molar-refractivity contribution in [3.8, 4) is 5.75 Å². The van der Waals surface area contributed by atoms with Gasteiger partial charge in [0.1, 0.15) is 5.75 Å². The average Bonchev–Trinajstić information content (AvgIpc) is 2.64. The quantitative estimate of drug-likeness (QED) is 0.673. The van der Waals surface area contributed by atoms with E-state index < -0.39 is 0 Å². The van der Waals surface area contributed by atoms with Gasteiger partial charge in [0.2, 0.25) is 5.91 Å². The number of nitrogens with one attached hydrogen (secondary N) is 1. The molecule has 0 radical (unpaired) electrons. The van der Waals surface area contributed by atoms with E-state index in [0.29, 0.717) is 13.0 Å². The van der Waals surface area contributed by atoms with Gasteiger partial charge in [0.15, 0.2) is 0 Å². The summed E-state index contributed by atoms with van der Waals surface area (Å²) in [6.07, 6.45) is 0.339. The maximum atomic E-state index is 12.2. The van der Waals surface area contributed by atoms with Crippen molar-refractivity contribution in [3.63, 3.8) is 0 Å². The Bertz CT molecular complexity index is 917. The largest absolute Gasteiger partial charge is 0.493 e. The molecule has 3 rings (SSSR count). The Morgan fingerprint density at radius 1 is 1.00 bits per heavy atom. The second-order valence-corrected chi connectivity index (χ2v) is 6.76. The molecule has 3 nitrogen and oxygen atoms in total. The first-order valence-corrected chi connectivity index (χ1v) is 9.01. The van der Waals surface area contributed by atoms with E-state index in [1.165, 1.54) is 10.8 Å². The first-order valence-electron chi connectivity index (χ1n) is 9.01. The van der Waals surface area contributed by atoms with Crippen molar-refractivity contribution in [3.05, 3.63) is 77.4 Å². The monoisotopic (exact) mass is 347 g/mol. The molecule has 0 unspecified atom stereocenters. The SMILES string of the molecule is Cc1ccc(C)c(OCCC(=O)N[C@H](C)c2ccc3ccccc3c2)c1. The van der Waals surface area contributed by atoms with E-state index in [-0.39, 0.29) is 11.9 Å². The molecule has 3 aromatic carbocycles. The zero-order valence-corrected chi connectivity index (χ0v) is 15.6. The standard InChI is InChI=1S/C23H25NO2/c1-16-8-9-17(2)22(14-16)26-13-12-23(25)24-18(3)20-11-10-19-6-4-5-7-21(19)15-20/h4-11,14-15,18H,12-13H2,1-3H3,(H,24,25)/t18-/m1/s1. The van der Waals surface area contributed by atoms with Gasteiger partial charge in [0.05, 0.1) is 19.1 Å². The smallest absolute Gasteiger partial charge is 0.223 e. The highest BCUT2D eigenvalue weighted by molar-refractivity contribution is 5.83. The molecule has 1 atom stereocenters. The maximum absolute atomic E-state index is 12.2. The third kappa shape index (κ3) is 4.42. The lowest BCUT2D eigenvalue weighted by molar-refractivity contribution is -0.122. The minimum Gasteiger partial charge on any atom is -0.493 e. The van der Waals surface area contributed by atoms with Crippen molar-refractivity contribution >= 4 is 16.7 Å². The van der Waals surface area contributed by atoms with Gasteiger partial charge in [-0.3, -0.25) is 4.79 Å². The van der Waals surface area contributed by atoms with Crippen LogP contribution in [-0.4, -0.2) is 12.5 Å². The molecule has 1 N–H and O–H groups in total. The molecule has 0 aliphatic carbocycles. The van der Waals surface area contributed by atoms with E-state index in [9.17, 15) is 4.79 Å². The average molecular weight is 347 g/mol. The Labute approximate surface area is 155 Å². The van der Waals surface area contributed by atoms with Crippen molar-refractivity contribution in [1.82, 2.24) is 5.32 Å². The van der Waals surface area contributed by atoms with Gasteiger partial charge in [-0.15, -0.1) is 0 Å². The molecule has 0 aromatic heterocycles. The van der Waals surface area contributed by atoms with Gasteiger partial charge >= 0.3 is 0 Å². The molecule has 0 fully saturated rings. The molecule has 0 heterocycles. The number of aryl methyl sites for hydroxylation is 2. The number of fused-ring (bicyclic) bond motifs is 1. The molecule has 0 aliphatic rings. The first kappa shape index (κ1) is 18.0. The Morgan fingerprint density at radius 2 is 1.77 bits per heavy atom. The summed E-state index contributed by atoms with van der Waals surface area (Å²) in [5, 5.41) is 5.44. The van der Waals surface area contributed by atoms with E-state index in [0.717, 1.165) is 22.4 Å². The van der Waals surface area contributed by atoms with Crippen LogP contribution >= 0.6 is 0 Å². The summed E-state index contributed by atoms with van der Waals surface area (Å²) in [5.41, 5.74) is 3.34. The summed E-state index contributed by atoms with van der Waals surface area (Å²) in [4.78, 5) is 12.2. The molecule has 3 aromatic rings. The zero-order chi connectivity index (χ0) is 18.5. The second kappa shape index (κ2) is 8.05. The summed E-state index contributed by atoms with van der Waals surface area (Å²) in [6.45, 7) is 6.43. The summed E-state index contributed by atoms with van der Waals surface area (Å²) >= 11 is 0. The topological polar surface area (TPSA) is 38.3 Å². The van der Waals surface area contributed by atoms with Crippen molar-refractivity contribution in [1.29, 1.82) is 0 Å². The Balaban J connectivity index is 1.54. The van der Waals surface area contributed by atoms with Gasteiger partial charge < -0.3 is 10.1 Å². The van der Waals surface area contributed by atoms with Gasteiger partial charge in [0.25, 0.3) is 0 Å². The summed E-state index contributed by atoms with van der Waals surface area (Å²) in [6, 6.07) is 20.6. The van der Waals surface area contributed by atoms with E-state index in [2.05, 4.69) is 41.7 Å². The molecule has 0 bridgehead atoms. The number of amides is 1. The highest BCUT2D eigenvalue weighted by Crippen LogP contribution is 2.21. The van der Waals surface area contributed by atoms with Crippen molar-refractivity contribution in [2.75, 3.05) is 6.61 Å². The van der Waals surface area contributed by atoms with Crippen LogP contribution in [0.3, 0.4) is 0 Å². The fourth-order valence-electron chi connectivity index (χ4n) is 2.99. The van der Waals surface area contributed by atoms with Gasteiger partial charge in [-0.2, -0.15) is 0 Å². The van der Waals surface area contributed by atoms with Crippen molar-refractivity contribution < 1.29 is 9.53 Å². The van der Waals surface area contributed by atoms with E-state index in [1.54, 1.807) is 0 Å². The fourth-order valence-corrected chi connectivity index (χ4v) is 2.99. The van der Waals surface area contributed by atoms with Gasteiger partial charge in [-0.1, -0.05) is 48.5 Å². The van der Waals surface area contributed by atoms with E-state index >= 15 is 0 Å². The molecule has 3 heteroatoms. The molecular formula is C23H25NO2. The lowest BCUT2D eigenvalue weighted by Gasteiger charge is -2.16. The van der Waals surface area contributed by atoms with Crippen LogP contribution in [-0.2, 0) is 4.79 Å². The van der Waals surface area contributed by atoms with Crippen LogP contribution in [0.2, 0.25) is 0 Å². The number of rotatable bonds is 6. The third-order valence-electron chi connectivity index (χ3n) is 4.58. The Kier molecular flexibility index (Phi) is 5.57. The number of ether oxygens (including phenoxy) is 1. The van der Waals surface area contributed by atoms with Crippen molar-refractivity contribution in [2.45, 2.75) is 33.2 Å². The number of carbonyl (C=O) groups is 1. The van der Waals surface area contributed by atoms with Crippen LogP contribution in [0, 0.1) is 13.8 Å². The fraction of sp³-hybridized carbons (Fsp3) is 0.261. The van der Waals surface area contributed by atoms with Crippen LogP contribution in [0.15, 0.2) is 60.7 Å². The van der Waals surface area contributed by atoms with Crippen LogP contribution in [0.25, 0.3) is 10.8 Å². The summed E-state index contributed by atoms with van der Waals surface area (Å²) in [5.74, 6) is 0.844. The van der Waals surface area contributed by atoms with E-state index in [1.807, 2.05) is 45.0 Å². The van der Waals surface area contributed by atoms with Crippen LogP contribution in [0.4, 0.5) is 0 Å². The molecule has 134 valence electrons. The summed E-state index contributed by atoms with van der Waals surface area (Å²) < 4.78 is 5.77. The molecule has 0 spiro atoms. The number of hydrogen-bond donors (Lipinski definition) is 1. The predicted octanol–water partition coefficient (Wildman–Crippen LogP) is 5.10. The number of hydrogen-bond acceptors (Lipinski definition) is 2. The minimum atomic E-state index is -0.0344. The molecule has 1 amide bonds. The van der Waals surface area contributed by atoms with Crippen LogP contribution in [0.1, 0.15) is 36.1 Å². The van der Waals surface area contributed by atoms with Crippen LogP contribution in [0.5, 0.6) is 5.75 Å². The van der Waals surface area contributed by atoms with E-state index in [4.69, 9.17) is 4.74 Å². The third-order valence-corrected chi connectivity index (χ3v) is 4.58. The number of benzene rings is 3. The zero-order valence-electron chi connectivity index (χ0n) is 15.6. The Hall–Kier alpha value is -2.81. The summed E-state index contributed by atoms with van der Waals surface area (Å²) in [7, 11) is 0. The molecule has 26 heavy (non-hydrogen) atoms. The maximum Gasteiger partial charge on any atom is 0.223 e. The predicted molar refractivity (Wildman–Crippen MR) is 107 cm³/mol. The minimum absolute atomic E-state index is 0.00374. The van der Waals surface area contributed by atoms with Crippen molar-refractivity contribution in [2.24, 2.45) is 0 Å². The van der Waals surface area contributed by atoms with Gasteiger partial charge in [-0.05, 0) is 60.4 Å². The molecule has 0 aliphatic heterocycles. The van der Waals surface area contributed by atoms with Crippen LogP contribution < -0.4 is 10.1 Å². The lowest BCUT2D eigenvalue weighted by atomic mass is 10.0. The molecule has 0 saturated heterocycles. The number of carbonyl (C=O) groups excluding carboxylic acids is 1. The molecular weight excluding hydrogens is 322 g/mol. The van der Waals surface area contributed by atoms with Gasteiger partial charge in [0, 0.05) is 0 Å². The lowest BCUT2D eigenvalue weighted by Crippen LogP contribution is -2.27.